The summed E-state index contributed by atoms with van der Waals surface area (Å²) in [5, 5.41) is 0. The van der Waals surface area contributed by atoms with Crippen LogP contribution in [0, 0.1) is 0 Å². The molecule has 1 heterocycles. The fourth-order valence-corrected chi connectivity index (χ4v) is 3.86. The van der Waals surface area contributed by atoms with E-state index in [2.05, 4.69) is 13.8 Å². The molecule has 1 fully saturated rings. The fraction of sp³-hybridized carbons (Fsp3) is 0.933. The van der Waals surface area contributed by atoms with Gasteiger partial charge in [-0.2, -0.15) is 0 Å². The van der Waals surface area contributed by atoms with Crippen LogP contribution >= 0.6 is 24.0 Å². The maximum Gasteiger partial charge on any atom is 0.220 e. The van der Waals surface area contributed by atoms with Gasteiger partial charge in [-0.15, -0.1) is 0 Å². The second kappa shape index (κ2) is 9.19. The molecule has 1 saturated heterocycles. The Morgan fingerprint density at radius 2 is 1.56 bits per heavy atom. The quantitative estimate of drug-likeness (QED) is 0.376. The van der Waals surface area contributed by atoms with Gasteiger partial charge in [-0.3, -0.25) is 0 Å². The van der Waals surface area contributed by atoms with Crippen LogP contribution in [0.25, 0.3) is 0 Å². The number of unbranched alkanes of at least 4 members (excludes halogenated alkanes) is 6. The van der Waals surface area contributed by atoms with Gasteiger partial charge in [-0.1, -0.05) is 64.1 Å². The smallest absolute Gasteiger partial charge is 0.220 e. The number of ether oxygens (including phenoxy) is 1. The molecule has 0 unspecified atom stereocenters. The molecule has 18 heavy (non-hydrogen) atoms. The molecular formula is C15H28OS2. The van der Waals surface area contributed by atoms with E-state index in [-0.39, 0.29) is 5.60 Å². The van der Waals surface area contributed by atoms with Crippen LogP contribution in [0.2, 0.25) is 0 Å². The second-order valence-corrected chi connectivity index (χ2v) is 7.02. The van der Waals surface area contributed by atoms with Crippen molar-refractivity contribution in [1.82, 2.24) is 0 Å². The maximum absolute atomic E-state index is 6.00. The Morgan fingerprint density at radius 1 is 1.00 bits per heavy atom. The van der Waals surface area contributed by atoms with Gasteiger partial charge >= 0.3 is 0 Å². The molecule has 0 N–H and O–H groups in total. The molecule has 0 bridgehead atoms. The van der Waals surface area contributed by atoms with Crippen LogP contribution in [-0.2, 0) is 4.74 Å². The minimum Gasteiger partial charge on any atom is -0.471 e. The zero-order valence-corrected chi connectivity index (χ0v) is 13.6. The van der Waals surface area contributed by atoms with Gasteiger partial charge in [0.2, 0.25) is 4.38 Å². The van der Waals surface area contributed by atoms with Gasteiger partial charge in [0.1, 0.15) is 5.60 Å². The van der Waals surface area contributed by atoms with Crippen LogP contribution in [0.15, 0.2) is 0 Å². The molecule has 1 rings (SSSR count). The Balaban J connectivity index is 2.31. The van der Waals surface area contributed by atoms with Gasteiger partial charge in [0.15, 0.2) is 0 Å². The SMILES string of the molecule is CCCCCCC1(CCCCCC)CSC(=S)O1. The summed E-state index contributed by atoms with van der Waals surface area (Å²) in [6.45, 7) is 4.52. The first kappa shape index (κ1) is 16.3. The summed E-state index contributed by atoms with van der Waals surface area (Å²) >= 11 is 6.95. The topological polar surface area (TPSA) is 9.23 Å². The molecule has 1 aliphatic rings. The highest BCUT2D eigenvalue weighted by Gasteiger charge is 2.38. The van der Waals surface area contributed by atoms with Gasteiger partial charge in [0, 0.05) is 5.75 Å². The standard InChI is InChI=1S/C15H28OS2/c1-3-5-7-9-11-15(12-10-8-6-4-2)13-18-14(17)16-15/h3-13H2,1-2H3. The van der Waals surface area contributed by atoms with Crippen LogP contribution in [0.3, 0.4) is 0 Å². The third-order valence-electron chi connectivity index (χ3n) is 3.72. The monoisotopic (exact) mass is 288 g/mol. The number of hydrogen-bond donors (Lipinski definition) is 0. The maximum atomic E-state index is 6.00. The number of thioether (sulfide) groups is 1. The first-order chi connectivity index (χ1) is 8.72. The Hall–Kier alpha value is 0.240. The molecule has 0 atom stereocenters. The van der Waals surface area contributed by atoms with Crippen molar-refractivity contribution in [1.29, 1.82) is 0 Å². The normalized spacial score (nSPS) is 18.0. The molecule has 0 saturated carbocycles. The van der Waals surface area contributed by atoms with Gasteiger partial charge in [-0.05, 0) is 37.9 Å². The van der Waals surface area contributed by atoms with E-state index < -0.39 is 0 Å². The predicted molar refractivity (Wildman–Crippen MR) is 86.4 cm³/mol. The minimum atomic E-state index is 0.0865. The Bertz CT molecular complexity index is 229. The molecule has 0 aromatic rings. The first-order valence-electron chi connectivity index (χ1n) is 7.58. The Kier molecular flexibility index (Phi) is 8.32. The summed E-state index contributed by atoms with van der Waals surface area (Å²) < 4.78 is 6.78. The highest BCUT2D eigenvalue weighted by molar-refractivity contribution is 8.22. The average Bonchev–Trinajstić information content (AvgIpc) is 2.73. The predicted octanol–water partition coefficient (Wildman–Crippen LogP) is 5.71. The van der Waals surface area contributed by atoms with E-state index in [4.69, 9.17) is 17.0 Å². The summed E-state index contributed by atoms with van der Waals surface area (Å²) in [6.07, 6.45) is 13.0. The molecule has 106 valence electrons. The lowest BCUT2D eigenvalue weighted by Gasteiger charge is -2.27. The Morgan fingerprint density at radius 3 is 1.94 bits per heavy atom. The third kappa shape index (κ3) is 5.92. The second-order valence-electron chi connectivity index (χ2n) is 5.45. The van der Waals surface area contributed by atoms with E-state index in [9.17, 15) is 0 Å². The molecule has 0 aliphatic carbocycles. The van der Waals surface area contributed by atoms with Crippen LogP contribution in [0.5, 0.6) is 0 Å². The van der Waals surface area contributed by atoms with E-state index in [1.807, 2.05) is 0 Å². The van der Waals surface area contributed by atoms with Crippen LogP contribution in [0.4, 0.5) is 0 Å². The molecule has 1 nitrogen and oxygen atoms in total. The molecule has 1 aliphatic heterocycles. The van der Waals surface area contributed by atoms with Crippen molar-refractivity contribution < 1.29 is 4.74 Å². The van der Waals surface area contributed by atoms with E-state index in [0.717, 1.165) is 10.1 Å². The van der Waals surface area contributed by atoms with Crippen LogP contribution < -0.4 is 0 Å². The van der Waals surface area contributed by atoms with Crippen molar-refractivity contribution >= 4 is 28.4 Å². The van der Waals surface area contributed by atoms with Gasteiger partial charge in [-0.25, -0.2) is 0 Å². The summed E-state index contributed by atoms with van der Waals surface area (Å²) in [6, 6.07) is 0. The zero-order chi connectivity index (χ0) is 13.3. The van der Waals surface area contributed by atoms with Gasteiger partial charge < -0.3 is 4.74 Å². The molecule has 3 heteroatoms. The summed E-state index contributed by atoms with van der Waals surface area (Å²) in [5.74, 6) is 1.09. The van der Waals surface area contributed by atoms with E-state index in [1.165, 1.54) is 64.2 Å². The highest BCUT2D eigenvalue weighted by atomic mass is 32.2. The largest absolute Gasteiger partial charge is 0.471 e. The first-order valence-corrected chi connectivity index (χ1v) is 8.97. The molecule has 0 spiro atoms. The van der Waals surface area contributed by atoms with Gasteiger partial charge in [0.25, 0.3) is 0 Å². The van der Waals surface area contributed by atoms with Crippen LogP contribution in [0.1, 0.15) is 78.1 Å². The molecule has 0 radical (unpaired) electrons. The van der Waals surface area contributed by atoms with Crippen molar-refractivity contribution in [2.45, 2.75) is 83.7 Å². The number of thiocarbonyl (C=S) groups is 1. The molecule has 0 aromatic heterocycles. The summed E-state index contributed by atoms with van der Waals surface area (Å²) in [5.41, 5.74) is 0.0865. The molecular weight excluding hydrogens is 260 g/mol. The molecule has 0 amide bonds. The van der Waals surface area contributed by atoms with E-state index >= 15 is 0 Å². The average molecular weight is 289 g/mol. The van der Waals surface area contributed by atoms with Crippen molar-refractivity contribution in [3.63, 3.8) is 0 Å². The zero-order valence-electron chi connectivity index (χ0n) is 12.0. The summed E-state index contributed by atoms with van der Waals surface area (Å²) in [4.78, 5) is 0. The fourth-order valence-electron chi connectivity index (χ4n) is 2.55. The number of rotatable bonds is 10. The lowest BCUT2D eigenvalue weighted by molar-refractivity contribution is 0.0724. The van der Waals surface area contributed by atoms with Crippen molar-refractivity contribution in [2.24, 2.45) is 0 Å². The van der Waals surface area contributed by atoms with Crippen molar-refractivity contribution in [3.8, 4) is 0 Å². The van der Waals surface area contributed by atoms with Crippen LogP contribution in [-0.4, -0.2) is 15.7 Å². The van der Waals surface area contributed by atoms with Gasteiger partial charge in [0.05, 0.1) is 0 Å². The van der Waals surface area contributed by atoms with Crippen molar-refractivity contribution in [3.05, 3.63) is 0 Å². The third-order valence-corrected chi connectivity index (χ3v) is 5.15. The molecule has 0 aromatic carbocycles. The van der Waals surface area contributed by atoms with Crippen molar-refractivity contribution in [2.75, 3.05) is 5.75 Å². The minimum absolute atomic E-state index is 0.0865. The van der Waals surface area contributed by atoms with E-state index in [1.54, 1.807) is 11.8 Å². The summed E-state index contributed by atoms with van der Waals surface area (Å²) in [7, 11) is 0. The Labute approximate surface area is 122 Å². The van der Waals surface area contributed by atoms with E-state index in [0.29, 0.717) is 0 Å². The lowest BCUT2D eigenvalue weighted by Crippen LogP contribution is -2.31. The highest BCUT2D eigenvalue weighted by Crippen LogP contribution is 2.38. The lowest BCUT2D eigenvalue weighted by atomic mass is 9.91. The number of hydrogen-bond acceptors (Lipinski definition) is 3.